The summed E-state index contributed by atoms with van der Waals surface area (Å²) in [5.74, 6) is 1.18. The Hall–Kier alpha value is -3.15. The average molecular weight is 388 g/mol. The third kappa shape index (κ3) is 2.58. The minimum atomic E-state index is 0. The molecule has 1 fully saturated rings. The fourth-order valence-electron chi connectivity index (χ4n) is 5.22. The van der Waals surface area contributed by atoms with Crippen molar-refractivity contribution >= 4 is 28.0 Å². The quantitative estimate of drug-likeness (QED) is 0.517. The lowest BCUT2D eigenvalue weighted by atomic mass is 9.93. The van der Waals surface area contributed by atoms with Gasteiger partial charge < -0.3 is 14.3 Å². The van der Waals surface area contributed by atoms with Crippen LogP contribution in [0.4, 0.5) is 0 Å². The Labute approximate surface area is 169 Å². The zero-order chi connectivity index (χ0) is 19.5. The molecule has 3 heterocycles. The maximum absolute atomic E-state index is 13.5. The van der Waals surface area contributed by atoms with Gasteiger partial charge in [0.2, 0.25) is 0 Å². The number of carbonyl (C=O) groups is 1. The van der Waals surface area contributed by atoms with Gasteiger partial charge in [-0.1, -0.05) is 6.42 Å². The monoisotopic (exact) mass is 388 g/mol. The lowest BCUT2D eigenvalue weighted by molar-refractivity contribution is 0.0676. The number of likely N-dealkylation sites (tertiary alicyclic amines) is 1. The molecule has 6 rings (SSSR count). The van der Waals surface area contributed by atoms with E-state index in [2.05, 4.69) is 32.0 Å². The largest absolute Gasteiger partial charge is 0.441 e. The number of H-pyrrole nitrogens is 1. The summed E-state index contributed by atoms with van der Waals surface area (Å²) in [6.07, 6.45) is 5.85. The highest BCUT2D eigenvalue weighted by Gasteiger charge is 2.40. The fourth-order valence-corrected chi connectivity index (χ4v) is 5.22. The number of hydrogen-bond donors (Lipinski definition) is 1. The first-order valence-corrected chi connectivity index (χ1v) is 10.3. The van der Waals surface area contributed by atoms with Crippen LogP contribution in [0.1, 0.15) is 54.0 Å². The number of aromatic amines is 1. The first-order valence-electron chi connectivity index (χ1n) is 10.3. The van der Waals surface area contributed by atoms with Crippen molar-refractivity contribution in [3.63, 3.8) is 0 Å². The van der Waals surface area contributed by atoms with E-state index in [1.54, 1.807) is 6.33 Å². The third-order valence-corrected chi connectivity index (χ3v) is 6.54. The van der Waals surface area contributed by atoms with E-state index in [4.69, 9.17) is 4.42 Å². The summed E-state index contributed by atoms with van der Waals surface area (Å²) in [5.41, 5.74) is 6.93. The maximum atomic E-state index is 13.5. The van der Waals surface area contributed by atoms with Gasteiger partial charge in [-0.2, -0.15) is 0 Å². The van der Waals surface area contributed by atoms with Gasteiger partial charge in [0, 0.05) is 32.4 Å². The van der Waals surface area contributed by atoms with Crippen molar-refractivity contribution in [3.8, 4) is 0 Å². The summed E-state index contributed by atoms with van der Waals surface area (Å²) in [6.45, 7) is 2.69. The van der Waals surface area contributed by atoms with Crippen molar-refractivity contribution in [1.29, 1.82) is 0 Å². The Morgan fingerprint density at radius 3 is 3.10 bits per heavy atom. The van der Waals surface area contributed by atoms with Gasteiger partial charge in [-0.3, -0.25) is 4.79 Å². The smallest absolute Gasteiger partial charge is 0.254 e. The van der Waals surface area contributed by atoms with E-state index >= 15 is 0 Å². The van der Waals surface area contributed by atoms with Gasteiger partial charge in [0.25, 0.3) is 5.91 Å². The predicted molar refractivity (Wildman–Crippen MR) is 112 cm³/mol. The number of carbonyl (C=O) groups excluding carboxylic acids is 1. The highest BCUT2D eigenvalue weighted by atomic mass is 16.3. The van der Waals surface area contributed by atoms with E-state index in [0.29, 0.717) is 11.8 Å². The molecule has 6 nitrogen and oxygen atoms in total. The average Bonchev–Trinajstić information content (AvgIpc) is 3.37. The molecule has 1 N–H and O–H groups in total. The summed E-state index contributed by atoms with van der Waals surface area (Å²) < 4.78 is 5.78. The van der Waals surface area contributed by atoms with Crippen LogP contribution in [0.15, 0.2) is 41.1 Å². The summed E-state index contributed by atoms with van der Waals surface area (Å²) in [6, 6.07) is 10.3. The number of oxazole rings is 1. The molecule has 0 radical (unpaired) electrons. The molecule has 2 atom stereocenters. The van der Waals surface area contributed by atoms with Gasteiger partial charge in [0.1, 0.15) is 5.52 Å². The summed E-state index contributed by atoms with van der Waals surface area (Å²) in [5, 5.41) is 0. The molecular formula is C23H24N4O2. The Balaban J connectivity index is 0.00000193. The number of benzene rings is 2. The second kappa shape index (κ2) is 6.17. The van der Waals surface area contributed by atoms with Crippen molar-refractivity contribution in [2.24, 2.45) is 0 Å². The number of hydrogen-bond acceptors (Lipinski definition) is 4. The van der Waals surface area contributed by atoms with Gasteiger partial charge >= 0.3 is 0 Å². The highest BCUT2D eigenvalue weighted by Crippen LogP contribution is 2.43. The van der Waals surface area contributed by atoms with Crippen molar-refractivity contribution < 1.29 is 10.6 Å². The number of aromatic nitrogens is 3. The minimum absolute atomic E-state index is 0. The predicted octanol–water partition coefficient (Wildman–Crippen LogP) is 4.59. The molecule has 1 amide bonds. The highest BCUT2D eigenvalue weighted by molar-refractivity contribution is 5.97. The number of nitrogens with zero attached hydrogens (tertiary/aromatic N) is 3. The lowest BCUT2D eigenvalue weighted by Gasteiger charge is -2.31. The molecule has 2 aromatic carbocycles. The Bertz CT molecular complexity index is 1260. The van der Waals surface area contributed by atoms with Crippen molar-refractivity contribution in [2.75, 3.05) is 6.54 Å². The number of rotatable bonds is 1. The van der Waals surface area contributed by atoms with Crippen LogP contribution in [-0.2, 0) is 6.42 Å². The van der Waals surface area contributed by atoms with Crippen LogP contribution in [0.25, 0.3) is 22.1 Å². The maximum Gasteiger partial charge on any atom is 0.254 e. The van der Waals surface area contributed by atoms with Crippen LogP contribution in [0.2, 0.25) is 0 Å². The van der Waals surface area contributed by atoms with E-state index in [9.17, 15) is 4.79 Å². The number of nitrogens with one attached hydrogen (secondary N) is 1. The first-order chi connectivity index (χ1) is 14.2. The van der Waals surface area contributed by atoms with Crippen LogP contribution >= 0.6 is 0 Å². The molecule has 4 aromatic rings. The molecule has 29 heavy (non-hydrogen) atoms. The second-order valence-corrected chi connectivity index (χ2v) is 8.26. The van der Waals surface area contributed by atoms with Crippen LogP contribution in [0.3, 0.4) is 0 Å². The molecule has 0 unspecified atom stereocenters. The van der Waals surface area contributed by atoms with Gasteiger partial charge in [0.15, 0.2) is 11.5 Å². The zero-order valence-corrected chi connectivity index (χ0v) is 16.3. The van der Waals surface area contributed by atoms with E-state index in [1.165, 1.54) is 11.1 Å². The van der Waals surface area contributed by atoms with E-state index in [-0.39, 0.29) is 13.4 Å². The Kier molecular flexibility index (Phi) is 3.57. The van der Waals surface area contributed by atoms with E-state index in [1.807, 2.05) is 25.1 Å². The zero-order valence-electron chi connectivity index (χ0n) is 16.3. The minimum Gasteiger partial charge on any atom is -0.441 e. The molecule has 6 heteroatoms. The summed E-state index contributed by atoms with van der Waals surface area (Å²) in [7, 11) is 0. The van der Waals surface area contributed by atoms with Crippen molar-refractivity contribution in [1.82, 2.24) is 19.9 Å². The standard InChI is InChI=1S/C23H22N4O2.H2/c1-13-26-20-9-15-10-21-16(17(15)11-22(20)29-13)4-2-3-7-27(21)23(28)14-5-6-18-19(8-14)25-12-24-18;/h5-6,8-9,11-12,16,21H,2-4,7,10H2,1H3,(H,24,25);1H/t16-,21+;/m1./s1. The molecule has 0 saturated carbocycles. The molecule has 2 aliphatic rings. The van der Waals surface area contributed by atoms with Gasteiger partial charge in [-0.15, -0.1) is 0 Å². The number of fused-ring (bicyclic) bond motifs is 5. The molecule has 1 aliphatic heterocycles. The lowest BCUT2D eigenvalue weighted by Crippen LogP contribution is -2.42. The van der Waals surface area contributed by atoms with Crippen LogP contribution in [-0.4, -0.2) is 38.3 Å². The number of imidazole rings is 1. The Morgan fingerprint density at radius 1 is 1.24 bits per heavy atom. The third-order valence-electron chi connectivity index (χ3n) is 6.54. The van der Waals surface area contributed by atoms with Crippen LogP contribution in [0, 0.1) is 6.92 Å². The molecule has 2 aromatic heterocycles. The summed E-state index contributed by atoms with van der Waals surface area (Å²) in [4.78, 5) is 27.5. The van der Waals surface area contributed by atoms with Gasteiger partial charge in [0.05, 0.1) is 17.4 Å². The SMILES string of the molecule is Cc1nc2cc3c(cc2o1)[C@H]1CCCCN(C(=O)c2ccc4nc[nH]c4c2)[C@H]1C3.[HH]. The van der Waals surface area contributed by atoms with Crippen LogP contribution < -0.4 is 0 Å². The second-order valence-electron chi connectivity index (χ2n) is 8.26. The molecule has 1 aliphatic carbocycles. The summed E-state index contributed by atoms with van der Waals surface area (Å²) >= 11 is 0. The number of amides is 1. The van der Waals surface area contributed by atoms with Crippen molar-refractivity contribution in [3.05, 3.63) is 59.2 Å². The molecule has 0 spiro atoms. The molecule has 1 saturated heterocycles. The molecule has 0 bridgehead atoms. The van der Waals surface area contributed by atoms with Gasteiger partial charge in [-0.05, 0) is 60.7 Å². The molecular weight excluding hydrogens is 364 g/mol. The van der Waals surface area contributed by atoms with Crippen LogP contribution in [0.5, 0.6) is 0 Å². The van der Waals surface area contributed by atoms with E-state index in [0.717, 1.165) is 59.9 Å². The van der Waals surface area contributed by atoms with E-state index < -0.39 is 0 Å². The van der Waals surface area contributed by atoms with Gasteiger partial charge in [-0.25, -0.2) is 9.97 Å². The number of aryl methyl sites for hydroxylation is 1. The first kappa shape index (κ1) is 16.8. The van der Waals surface area contributed by atoms with Crippen molar-refractivity contribution in [2.45, 2.75) is 44.6 Å². The fraction of sp³-hybridized carbons (Fsp3) is 0.348. The normalized spacial score (nSPS) is 21.3. The Morgan fingerprint density at radius 2 is 2.17 bits per heavy atom. The molecule has 148 valence electrons. The topological polar surface area (TPSA) is 75.0 Å².